The monoisotopic (exact) mass is 284 g/mol. The summed E-state index contributed by atoms with van der Waals surface area (Å²) in [5, 5.41) is 17.8. The number of carbonyl (C=O) groups excluding carboxylic acids is 1. The van der Waals surface area contributed by atoms with Crippen molar-refractivity contribution in [1.82, 2.24) is 4.72 Å². The van der Waals surface area contributed by atoms with Gasteiger partial charge >= 0.3 is 5.97 Å². The van der Waals surface area contributed by atoms with Gasteiger partial charge in [-0.05, 0) is 12.1 Å². The van der Waals surface area contributed by atoms with Crippen LogP contribution in [0.3, 0.4) is 0 Å². The van der Waals surface area contributed by atoms with Crippen LogP contribution in [0, 0.1) is 11.3 Å². The summed E-state index contributed by atoms with van der Waals surface area (Å²) in [5.41, 5.74) is -0.0587. The zero-order valence-electron chi connectivity index (χ0n) is 10.0. The van der Waals surface area contributed by atoms with Gasteiger partial charge in [-0.3, -0.25) is 4.79 Å². The lowest BCUT2D eigenvalue weighted by molar-refractivity contribution is -0.143. The molecule has 1 unspecified atom stereocenters. The summed E-state index contributed by atoms with van der Waals surface area (Å²) in [4.78, 5) is 11.0. The number of esters is 1. The minimum absolute atomic E-state index is 0.0587. The molecule has 0 amide bonds. The molecule has 0 bridgehead atoms. The maximum atomic E-state index is 12.0. The summed E-state index contributed by atoms with van der Waals surface area (Å²) in [7, 11) is -3.03. The second-order valence-electron chi connectivity index (χ2n) is 3.49. The first-order valence-corrected chi connectivity index (χ1v) is 6.64. The first-order chi connectivity index (χ1) is 8.96. The van der Waals surface area contributed by atoms with Crippen LogP contribution in [0.15, 0.2) is 29.2 Å². The number of aliphatic hydroxyl groups is 1. The first kappa shape index (κ1) is 15.1. The number of hydrogen-bond donors (Lipinski definition) is 2. The van der Waals surface area contributed by atoms with Gasteiger partial charge in [0.05, 0.1) is 24.2 Å². The Balaban J connectivity index is 3.12. The SMILES string of the molecule is COC(=O)C(CO)NS(=O)(=O)c1ccccc1C#N. The van der Waals surface area contributed by atoms with Crippen LogP contribution >= 0.6 is 0 Å². The van der Waals surface area contributed by atoms with Crippen molar-refractivity contribution in [2.24, 2.45) is 0 Å². The molecule has 1 atom stereocenters. The number of carbonyl (C=O) groups is 1. The van der Waals surface area contributed by atoms with Gasteiger partial charge in [-0.15, -0.1) is 0 Å². The zero-order chi connectivity index (χ0) is 14.5. The molecule has 2 N–H and O–H groups in total. The molecule has 7 nitrogen and oxygen atoms in total. The van der Waals surface area contributed by atoms with Crippen molar-refractivity contribution in [2.45, 2.75) is 10.9 Å². The Morgan fingerprint density at radius 2 is 2.16 bits per heavy atom. The minimum Gasteiger partial charge on any atom is -0.468 e. The molecule has 102 valence electrons. The maximum absolute atomic E-state index is 12.0. The van der Waals surface area contributed by atoms with Gasteiger partial charge in [0.2, 0.25) is 10.0 Å². The number of hydrogen-bond acceptors (Lipinski definition) is 6. The first-order valence-electron chi connectivity index (χ1n) is 5.16. The Bertz CT molecular complexity index is 606. The molecule has 0 saturated heterocycles. The van der Waals surface area contributed by atoms with Crippen LogP contribution in [0.5, 0.6) is 0 Å². The molecule has 0 aromatic heterocycles. The predicted molar refractivity (Wildman–Crippen MR) is 64.4 cm³/mol. The molecule has 1 aromatic rings. The molecule has 0 spiro atoms. The number of benzene rings is 1. The Hall–Kier alpha value is -1.95. The third-order valence-corrected chi connectivity index (χ3v) is 3.79. The second kappa shape index (κ2) is 6.29. The molecule has 8 heteroatoms. The van der Waals surface area contributed by atoms with Crippen molar-refractivity contribution >= 4 is 16.0 Å². The highest BCUT2D eigenvalue weighted by Gasteiger charge is 2.27. The van der Waals surface area contributed by atoms with Crippen LogP contribution in [-0.2, 0) is 19.6 Å². The number of nitrogens with one attached hydrogen (secondary N) is 1. The van der Waals surface area contributed by atoms with Gasteiger partial charge < -0.3 is 9.84 Å². The summed E-state index contributed by atoms with van der Waals surface area (Å²) in [5.74, 6) is -0.916. The molecule has 0 saturated carbocycles. The molecule has 19 heavy (non-hydrogen) atoms. The third-order valence-electron chi connectivity index (χ3n) is 2.26. The number of sulfonamides is 1. The van der Waals surface area contributed by atoms with E-state index in [0.29, 0.717) is 0 Å². The summed E-state index contributed by atoms with van der Waals surface area (Å²) >= 11 is 0. The molecule has 1 aromatic carbocycles. The largest absolute Gasteiger partial charge is 0.468 e. The average Bonchev–Trinajstić information content (AvgIpc) is 2.43. The number of aliphatic hydroxyl groups excluding tert-OH is 1. The fourth-order valence-corrected chi connectivity index (χ4v) is 2.68. The van der Waals surface area contributed by atoms with Crippen LogP contribution in [0.25, 0.3) is 0 Å². The van der Waals surface area contributed by atoms with E-state index in [-0.39, 0.29) is 10.5 Å². The lowest BCUT2D eigenvalue weighted by Gasteiger charge is -2.14. The normalized spacial score (nSPS) is 12.5. The summed E-state index contributed by atoms with van der Waals surface area (Å²) < 4.78 is 30.4. The van der Waals surface area contributed by atoms with Crippen LogP contribution in [0.4, 0.5) is 0 Å². The van der Waals surface area contributed by atoms with Crippen molar-refractivity contribution in [2.75, 3.05) is 13.7 Å². The smallest absolute Gasteiger partial charge is 0.326 e. The van der Waals surface area contributed by atoms with E-state index in [1.165, 1.54) is 24.3 Å². The predicted octanol–water partition coefficient (Wildman–Crippen LogP) is -0.630. The number of nitriles is 1. The van der Waals surface area contributed by atoms with Gasteiger partial charge in [-0.2, -0.15) is 9.98 Å². The Morgan fingerprint density at radius 3 is 2.68 bits per heavy atom. The fraction of sp³-hybridized carbons (Fsp3) is 0.273. The van der Waals surface area contributed by atoms with Crippen LogP contribution in [0.1, 0.15) is 5.56 Å². The molecule has 1 rings (SSSR count). The van der Waals surface area contributed by atoms with Crippen molar-refractivity contribution in [3.8, 4) is 6.07 Å². The second-order valence-corrected chi connectivity index (χ2v) is 5.17. The maximum Gasteiger partial charge on any atom is 0.326 e. The quantitative estimate of drug-likeness (QED) is 0.695. The highest BCUT2D eigenvalue weighted by molar-refractivity contribution is 7.89. The summed E-state index contributed by atoms with van der Waals surface area (Å²) in [6, 6.07) is 5.85. The number of nitrogens with zero attached hydrogens (tertiary/aromatic N) is 1. The molecular weight excluding hydrogens is 272 g/mol. The highest BCUT2D eigenvalue weighted by Crippen LogP contribution is 2.14. The van der Waals surface area contributed by atoms with Crippen LogP contribution < -0.4 is 4.72 Å². The molecule has 0 heterocycles. The van der Waals surface area contributed by atoms with Gasteiger partial charge in [0.15, 0.2) is 0 Å². The zero-order valence-corrected chi connectivity index (χ0v) is 10.8. The lowest BCUT2D eigenvalue weighted by atomic mass is 10.2. The number of methoxy groups -OCH3 is 1. The molecule has 0 fully saturated rings. The molecular formula is C11H12N2O5S. The van der Waals surface area contributed by atoms with Gasteiger partial charge in [0.1, 0.15) is 12.1 Å². The van der Waals surface area contributed by atoms with Crippen molar-refractivity contribution in [3.05, 3.63) is 29.8 Å². The standard InChI is InChI=1S/C11H12N2O5S/c1-18-11(15)9(7-14)13-19(16,17)10-5-3-2-4-8(10)6-12/h2-5,9,13-14H,7H2,1H3. The lowest BCUT2D eigenvalue weighted by Crippen LogP contribution is -2.44. The van der Waals surface area contributed by atoms with Crippen LogP contribution in [0.2, 0.25) is 0 Å². The third kappa shape index (κ3) is 3.51. The Kier molecular flexibility index (Phi) is 5.00. The van der Waals surface area contributed by atoms with Crippen LogP contribution in [-0.4, -0.2) is 39.3 Å². The highest BCUT2D eigenvalue weighted by atomic mass is 32.2. The van der Waals surface area contributed by atoms with Gasteiger partial charge in [0.25, 0.3) is 0 Å². The summed E-state index contributed by atoms with van der Waals surface area (Å²) in [6.07, 6.45) is 0. The fourth-order valence-electron chi connectivity index (χ4n) is 1.35. The van der Waals surface area contributed by atoms with E-state index >= 15 is 0 Å². The molecule has 0 aliphatic carbocycles. The van der Waals surface area contributed by atoms with Gasteiger partial charge in [0, 0.05) is 0 Å². The minimum atomic E-state index is -4.10. The van der Waals surface area contributed by atoms with E-state index < -0.39 is 28.6 Å². The summed E-state index contributed by atoms with van der Waals surface area (Å²) in [6.45, 7) is -0.749. The van der Waals surface area contributed by atoms with E-state index in [4.69, 9.17) is 10.4 Å². The topological polar surface area (TPSA) is 116 Å². The molecule has 0 aliphatic rings. The molecule has 0 radical (unpaired) electrons. The van der Waals surface area contributed by atoms with Gasteiger partial charge in [-0.25, -0.2) is 8.42 Å². The number of ether oxygens (including phenoxy) is 1. The Morgan fingerprint density at radius 1 is 1.53 bits per heavy atom. The van der Waals surface area contributed by atoms with E-state index in [1.807, 2.05) is 4.72 Å². The Labute approximate surface area is 110 Å². The van der Waals surface area contributed by atoms with E-state index in [0.717, 1.165) is 7.11 Å². The number of rotatable bonds is 5. The van der Waals surface area contributed by atoms with E-state index in [9.17, 15) is 13.2 Å². The van der Waals surface area contributed by atoms with Crippen molar-refractivity contribution in [3.63, 3.8) is 0 Å². The van der Waals surface area contributed by atoms with Gasteiger partial charge in [-0.1, -0.05) is 12.1 Å². The average molecular weight is 284 g/mol. The molecule has 0 aliphatic heterocycles. The van der Waals surface area contributed by atoms with E-state index in [1.54, 1.807) is 6.07 Å². The van der Waals surface area contributed by atoms with Crippen molar-refractivity contribution in [1.29, 1.82) is 5.26 Å². The van der Waals surface area contributed by atoms with E-state index in [2.05, 4.69) is 4.74 Å². The van der Waals surface area contributed by atoms with Crippen molar-refractivity contribution < 1.29 is 23.1 Å².